The first-order valence-corrected chi connectivity index (χ1v) is 5.90. The van der Waals surface area contributed by atoms with Crippen LogP contribution in [0.1, 0.15) is 33.6 Å². The summed E-state index contributed by atoms with van der Waals surface area (Å²) < 4.78 is 5.31. The molecule has 0 spiro atoms. The number of likely N-dealkylation sites (tertiary alicyclic amines) is 1. The molecule has 1 saturated heterocycles. The van der Waals surface area contributed by atoms with E-state index in [9.17, 15) is 4.79 Å². The third kappa shape index (κ3) is 4.93. The molecule has 0 saturated carbocycles. The van der Waals surface area contributed by atoms with Crippen molar-refractivity contribution < 1.29 is 14.5 Å². The zero-order chi connectivity index (χ0) is 13.1. The van der Waals surface area contributed by atoms with Crippen molar-refractivity contribution in [3.8, 4) is 0 Å². The van der Waals surface area contributed by atoms with Crippen LogP contribution in [0, 0.1) is 0 Å². The summed E-state index contributed by atoms with van der Waals surface area (Å²) in [5.74, 6) is 0.237. The highest BCUT2D eigenvalue weighted by Gasteiger charge is 2.26. The van der Waals surface area contributed by atoms with E-state index in [1.165, 1.54) is 0 Å². The molecule has 98 valence electrons. The van der Waals surface area contributed by atoms with Gasteiger partial charge < -0.3 is 9.64 Å². The van der Waals surface area contributed by atoms with Gasteiger partial charge in [-0.15, -0.1) is 0 Å². The van der Waals surface area contributed by atoms with E-state index < -0.39 is 5.60 Å². The summed E-state index contributed by atoms with van der Waals surface area (Å²) >= 11 is 0. The van der Waals surface area contributed by atoms with Crippen molar-refractivity contribution in [2.24, 2.45) is 11.5 Å². The number of ether oxygens (including phenoxy) is 1. The first kappa shape index (κ1) is 13.6. The Kier molecular flexibility index (Phi) is 4.20. The van der Waals surface area contributed by atoms with Crippen molar-refractivity contribution in [2.75, 3.05) is 13.1 Å². The van der Waals surface area contributed by atoms with Crippen LogP contribution in [-0.2, 0) is 4.74 Å². The monoisotopic (exact) mass is 243 g/mol. The van der Waals surface area contributed by atoms with Crippen molar-refractivity contribution in [1.82, 2.24) is 4.90 Å². The molecule has 6 nitrogen and oxygen atoms in total. The number of amides is 1. The topological polar surface area (TPSA) is 95.5 Å². The van der Waals surface area contributed by atoms with Gasteiger partial charge in [0.1, 0.15) is 5.60 Å². The third-order valence-electron chi connectivity index (χ3n) is 2.52. The smallest absolute Gasteiger partial charge is 0.410 e. The summed E-state index contributed by atoms with van der Waals surface area (Å²) in [7, 11) is 0. The zero-order valence-corrected chi connectivity index (χ0v) is 10.8. The number of carbonyl (C=O) groups excluding carboxylic acids is 1. The summed E-state index contributed by atoms with van der Waals surface area (Å²) in [4.78, 5) is 16.5. The van der Waals surface area contributed by atoms with Crippen LogP contribution in [0.5, 0.6) is 0 Å². The number of hydrogen-bond acceptors (Lipinski definition) is 2. The number of nitrogens with zero attached hydrogens (tertiary/aromatic N) is 1. The average molecular weight is 243 g/mol. The molecule has 0 radical (unpaired) electrons. The van der Waals surface area contributed by atoms with Crippen LogP contribution < -0.4 is 16.5 Å². The Morgan fingerprint density at radius 3 is 2.24 bits per heavy atom. The number of nitrogens with two attached hydrogens (primary N) is 2. The summed E-state index contributed by atoms with van der Waals surface area (Å²) in [5.41, 5.74) is 10.3. The van der Waals surface area contributed by atoms with E-state index >= 15 is 0 Å². The predicted octanol–water partition coefficient (Wildman–Crippen LogP) is -1.26. The maximum atomic E-state index is 11.8. The number of piperidine rings is 1. The molecule has 1 rings (SSSR count). The van der Waals surface area contributed by atoms with Crippen LogP contribution in [0.2, 0.25) is 0 Å². The lowest BCUT2D eigenvalue weighted by Gasteiger charge is -2.31. The fourth-order valence-electron chi connectivity index (χ4n) is 1.77. The van der Waals surface area contributed by atoms with Crippen LogP contribution in [0.15, 0.2) is 0 Å². The average Bonchev–Trinajstić information content (AvgIpc) is 2.15. The first-order valence-electron chi connectivity index (χ1n) is 5.90. The highest BCUT2D eigenvalue weighted by molar-refractivity contribution is 5.69. The maximum absolute atomic E-state index is 11.8. The summed E-state index contributed by atoms with van der Waals surface area (Å²) in [6.45, 7) is 6.93. The standard InChI is InChI=1S/C11H22N4O2/c1-11(2,3)17-10(16)15-6-4-8(5-7-15)14-9(12)13/h8H,4-7H2,1-3H3,(H4,12,13,14)/p+1. The van der Waals surface area contributed by atoms with Gasteiger partial charge >= 0.3 is 12.1 Å². The van der Waals surface area contributed by atoms with Crippen LogP contribution in [0.4, 0.5) is 4.79 Å². The first-order chi connectivity index (χ1) is 7.78. The quantitative estimate of drug-likeness (QED) is 0.396. The van der Waals surface area contributed by atoms with Gasteiger partial charge in [-0.3, -0.25) is 16.5 Å². The van der Waals surface area contributed by atoms with E-state index in [1.807, 2.05) is 20.8 Å². The van der Waals surface area contributed by atoms with E-state index in [0.29, 0.717) is 13.1 Å². The van der Waals surface area contributed by atoms with Gasteiger partial charge in [-0.05, 0) is 33.6 Å². The fraction of sp³-hybridized carbons (Fsp3) is 0.818. The minimum atomic E-state index is -0.443. The molecule has 0 aliphatic carbocycles. The Hall–Kier alpha value is -1.46. The molecule has 1 amide bonds. The molecular formula is C11H23N4O2+. The van der Waals surface area contributed by atoms with Crippen molar-refractivity contribution in [1.29, 1.82) is 0 Å². The molecule has 0 aromatic rings. The second-order valence-electron chi connectivity index (χ2n) is 5.34. The highest BCUT2D eigenvalue weighted by atomic mass is 16.6. The Balaban J connectivity index is 2.42. The number of nitrogens with one attached hydrogen (secondary N) is 1. The Morgan fingerprint density at radius 2 is 1.82 bits per heavy atom. The zero-order valence-electron chi connectivity index (χ0n) is 10.8. The molecule has 0 aromatic heterocycles. The number of guanidine groups is 1. The van der Waals surface area contributed by atoms with Crippen LogP contribution >= 0.6 is 0 Å². The molecule has 1 aliphatic heterocycles. The lowest BCUT2D eigenvalue weighted by atomic mass is 10.1. The Labute approximate surface area is 102 Å². The number of rotatable bonds is 1. The predicted molar refractivity (Wildman–Crippen MR) is 65.2 cm³/mol. The molecule has 5 N–H and O–H groups in total. The van der Waals surface area contributed by atoms with Crippen LogP contribution in [0.25, 0.3) is 0 Å². The minimum absolute atomic E-state index is 0.237. The van der Waals surface area contributed by atoms with E-state index in [4.69, 9.17) is 16.2 Å². The van der Waals surface area contributed by atoms with E-state index in [2.05, 4.69) is 4.99 Å². The van der Waals surface area contributed by atoms with Gasteiger partial charge in [0.15, 0.2) is 0 Å². The van der Waals surface area contributed by atoms with Gasteiger partial charge in [-0.1, -0.05) is 0 Å². The Bertz CT molecular complexity index is 297. The molecule has 0 atom stereocenters. The summed E-state index contributed by atoms with van der Waals surface area (Å²) in [6.07, 6.45) is 1.41. The molecule has 1 heterocycles. The normalized spacial score (nSPS) is 17.7. The SMILES string of the molecule is CC(C)(C)OC(=O)N1CCC([NH+]=C(N)N)CC1. The molecule has 1 aliphatic rings. The van der Waals surface area contributed by atoms with Crippen molar-refractivity contribution in [3.05, 3.63) is 0 Å². The second-order valence-corrected chi connectivity index (χ2v) is 5.34. The number of hydrogen-bond donors (Lipinski definition) is 3. The highest BCUT2D eigenvalue weighted by Crippen LogP contribution is 2.13. The largest absolute Gasteiger partial charge is 0.444 e. The van der Waals surface area contributed by atoms with Gasteiger partial charge in [-0.25, -0.2) is 4.79 Å². The summed E-state index contributed by atoms with van der Waals surface area (Å²) in [5, 5.41) is 0. The second kappa shape index (κ2) is 5.25. The maximum Gasteiger partial charge on any atom is 0.410 e. The molecule has 17 heavy (non-hydrogen) atoms. The number of carbonyl (C=O) groups is 1. The van der Waals surface area contributed by atoms with Gasteiger partial charge in [-0.2, -0.15) is 0 Å². The van der Waals surface area contributed by atoms with E-state index in [0.717, 1.165) is 12.8 Å². The molecular weight excluding hydrogens is 220 g/mol. The summed E-state index contributed by atoms with van der Waals surface area (Å²) in [6, 6.07) is 0.249. The van der Waals surface area contributed by atoms with Crippen molar-refractivity contribution >= 4 is 12.1 Å². The van der Waals surface area contributed by atoms with E-state index in [-0.39, 0.29) is 18.1 Å². The molecule has 0 unspecified atom stereocenters. The lowest BCUT2D eigenvalue weighted by molar-refractivity contribution is -0.509. The third-order valence-corrected chi connectivity index (χ3v) is 2.52. The van der Waals surface area contributed by atoms with Gasteiger partial charge in [0, 0.05) is 13.1 Å². The van der Waals surface area contributed by atoms with Crippen molar-refractivity contribution in [2.45, 2.75) is 45.3 Å². The van der Waals surface area contributed by atoms with E-state index in [1.54, 1.807) is 4.90 Å². The van der Waals surface area contributed by atoms with Gasteiger partial charge in [0.25, 0.3) is 0 Å². The van der Waals surface area contributed by atoms with Gasteiger partial charge in [0.05, 0.1) is 6.04 Å². The van der Waals surface area contributed by atoms with Crippen LogP contribution in [-0.4, -0.2) is 41.7 Å². The Morgan fingerprint density at radius 1 is 1.29 bits per heavy atom. The molecule has 6 heteroatoms. The molecule has 0 aromatic carbocycles. The molecule has 1 fully saturated rings. The van der Waals surface area contributed by atoms with Crippen LogP contribution in [0.3, 0.4) is 0 Å². The lowest BCUT2D eigenvalue weighted by Crippen LogP contribution is -2.84. The van der Waals surface area contributed by atoms with Gasteiger partial charge in [0.2, 0.25) is 0 Å². The minimum Gasteiger partial charge on any atom is -0.444 e. The van der Waals surface area contributed by atoms with Crippen molar-refractivity contribution in [3.63, 3.8) is 0 Å². The fourth-order valence-corrected chi connectivity index (χ4v) is 1.77. The molecule has 0 bridgehead atoms.